The maximum absolute atomic E-state index is 6.45. The molecular formula is C21H21ClN2. The molecule has 0 radical (unpaired) electrons. The smallest absolute Gasteiger partial charge is 0.160 e. The maximum atomic E-state index is 6.45. The van der Waals surface area contributed by atoms with Gasteiger partial charge < -0.3 is 0 Å². The molecule has 0 atom stereocenters. The Balaban J connectivity index is 1.79. The molecule has 1 aromatic heterocycles. The Morgan fingerprint density at radius 2 is 1.62 bits per heavy atom. The van der Waals surface area contributed by atoms with Gasteiger partial charge in [-0.15, -0.1) is 0 Å². The van der Waals surface area contributed by atoms with Crippen LogP contribution in [0.3, 0.4) is 0 Å². The minimum Gasteiger partial charge on any atom is -0.236 e. The summed E-state index contributed by atoms with van der Waals surface area (Å²) in [6, 6.07) is 16.3. The van der Waals surface area contributed by atoms with E-state index in [4.69, 9.17) is 11.6 Å². The van der Waals surface area contributed by atoms with Gasteiger partial charge in [0, 0.05) is 23.5 Å². The molecule has 2 nitrogen and oxygen atoms in total. The summed E-state index contributed by atoms with van der Waals surface area (Å²) in [5.74, 6) is 0.666. The van der Waals surface area contributed by atoms with Gasteiger partial charge in [-0.05, 0) is 36.1 Å². The highest BCUT2D eigenvalue weighted by Gasteiger charge is 2.08. The zero-order valence-corrected chi connectivity index (χ0v) is 14.6. The van der Waals surface area contributed by atoms with E-state index in [9.17, 15) is 0 Å². The van der Waals surface area contributed by atoms with Gasteiger partial charge in [-0.2, -0.15) is 0 Å². The Labute approximate surface area is 148 Å². The van der Waals surface area contributed by atoms with E-state index in [0.29, 0.717) is 5.82 Å². The largest absolute Gasteiger partial charge is 0.236 e. The number of aromatic nitrogens is 2. The van der Waals surface area contributed by atoms with Crippen molar-refractivity contribution in [1.82, 2.24) is 9.97 Å². The molecule has 0 spiro atoms. The van der Waals surface area contributed by atoms with Crippen LogP contribution in [0.5, 0.6) is 0 Å². The molecule has 0 bridgehead atoms. The number of rotatable bonds is 6. The predicted molar refractivity (Wildman–Crippen MR) is 101 cm³/mol. The first kappa shape index (κ1) is 16.7. The fourth-order valence-corrected chi connectivity index (χ4v) is 3.01. The van der Waals surface area contributed by atoms with Crippen LogP contribution in [0.4, 0.5) is 0 Å². The van der Waals surface area contributed by atoms with Crippen LogP contribution < -0.4 is 0 Å². The summed E-state index contributed by atoms with van der Waals surface area (Å²) in [4.78, 5) is 8.99. The topological polar surface area (TPSA) is 25.8 Å². The van der Waals surface area contributed by atoms with E-state index in [2.05, 4.69) is 35.1 Å². The van der Waals surface area contributed by atoms with Crippen LogP contribution >= 0.6 is 11.6 Å². The molecule has 0 aliphatic rings. The minimum atomic E-state index is 0.666. The third kappa shape index (κ3) is 4.01. The van der Waals surface area contributed by atoms with Gasteiger partial charge in [0.2, 0.25) is 0 Å². The van der Waals surface area contributed by atoms with E-state index in [1.54, 1.807) is 0 Å². The molecule has 1 heterocycles. The van der Waals surface area contributed by atoms with Crippen molar-refractivity contribution in [2.45, 2.75) is 32.6 Å². The van der Waals surface area contributed by atoms with Crippen LogP contribution in [-0.2, 0) is 6.42 Å². The van der Waals surface area contributed by atoms with Gasteiger partial charge in [0.15, 0.2) is 5.82 Å². The van der Waals surface area contributed by atoms with Crippen LogP contribution in [0.15, 0.2) is 60.9 Å². The highest BCUT2D eigenvalue weighted by atomic mass is 35.5. The van der Waals surface area contributed by atoms with E-state index < -0.39 is 0 Å². The van der Waals surface area contributed by atoms with Crippen molar-refractivity contribution in [3.8, 4) is 22.5 Å². The fraction of sp³-hybridized carbons (Fsp3) is 0.238. The summed E-state index contributed by atoms with van der Waals surface area (Å²) in [7, 11) is 0. The molecule has 3 rings (SSSR count). The molecule has 0 aliphatic heterocycles. The van der Waals surface area contributed by atoms with Crippen molar-refractivity contribution >= 4 is 11.6 Å². The molecule has 3 heteroatoms. The van der Waals surface area contributed by atoms with Gasteiger partial charge in [-0.25, -0.2) is 9.97 Å². The van der Waals surface area contributed by atoms with Crippen LogP contribution in [0.25, 0.3) is 22.5 Å². The molecule has 3 aromatic rings. The number of nitrogens with zero attached hydrogens (tertiary/aromatic N) is 2. The fourth-order valence-electron chi connectivity index (χ4n) is 2.72. The monoisotopic (exact) mass is 336 g/mol. The zero-order valence-electron chi connectivity index (χ0n) is 13.9. The van der Waals surface area contributed by atoms with Gasteiger partial charge in [-0.1, -0.05) is 67.8 Å². The molecule has 0 unspecified atom stereocenters. The van der Waals surface area contributed by atoms with Gasteiger partial charge in [0.25, 0.3) is 0 Å². The summed E-state index contributed by atoms with van der Waals surface area (Å²) in [5.41, 5.74) is 4.28. The minimum absolute atomic E-state index is 0.666. The standard InChI is InChI=1S/C21H21ClN2/c1-2-3-5-8-16-11-12-19(20(22)13-16)21-23-14-18(15-24-21)17-9-6-4-7-10-17/h4,6-7,9-15H,2-3,5,8H2,1H3. The van der Waals surface area contributed by atoms with Gasteiger partial charge in [0.05, 0.1) is 5.02 Å². The predicted octanol–water partition coefficient (Wildman–Crippen LogP) is 6.20. The molecule has 122 valence electrons. The lowest BCUT2D eigenvalue weighted by atomic mass is 10.0. The maximum Gasteiger partial charge on any atom is 0.160 e. The summed E-state index contributed by atoms with van der Waals surface area (Å²) >= 11 is 6.45. The number of hydrogen-bond acceptors (Lipinski definition) is 2. The first-order valence-corrected chi connectivity index (χ1v) is 8.82. The first-order valence-electron chi connectivity index (χ1n) is 8.44. The van der Waals surface area contributed by atoms with Crippen molar-refractivity contribution in [2.75, 3.05) is 0 Å². The Morgan fingerprint density at radius 1 is 0.875 bits per heavy atom. The zero-order chi connectivity index (χ0) is 16.8. The SMILES string of the molecule is CCCCCc1ccc(-c2ncc(-c3ccccc3)cn2)c(Cl)c1. The molecule has 0 saturated carbocycles. The summed E-state index contributed by atoms with van der Waals surface area (Å²) < 4.78 is 0. The lowest BCUT2D eigenvalue weighted by Gasteiger charge is -2.07. The molecule has 0 aliphatic carbocycles. The quantitative estimate of drug-likeness (QED) is 0.501. The highest BCUT2D eigenvalue weighted by Crippen LogP contribution is 2.27. The van der Waals surface area contributed by atoms with E-state index in [-0.39, 0.29) is 0 Å². The van der Waals surface area contributed by atoms with Gasteiger partial charge >= 0.3 is 0 Å². The average molecular weight is 337 g/mol. The Hall–Kier alpha value is -2.19. The number of hydrogen-bond donors (Lipinski definition) is 0. The Bertz CT molecular complexity index is 783. The van der Waals surface area contributed by atoms with Crippen molar-refractivity contribution in [3.63, 3.8) is 0 Å². The number of aryl methyl sites for hydroxylation is 1. The normalized spacial score (nSPS) is 10.8. The van der Waals surface area contributed by atoms with Crippen LogP contribution in [0, 0.1) is 0 Å². The van der Waals surface area contributed by atoms with Crippen molar-refractivity contribution in [2.24, 2.45) is 0 Å². The van der Waals surface area contributed by atoms with Crippen LogP contribution in [-0.4, -0.2) is 9.97 Å². The van der Waals surface area contributed by atoms with Crippen LogP contribution in [0.1, 0.15) is 31.7 Å². The Morgan fingerprint density at radius 3 is 2.29 bits per heavy atom. The number of halogens is 1. The lowest BCUT2D eigenvalue weighted by molar-refractivity contribution is 0.717. The van der Waals surface area contributed by atoms with E-state index >= 15 is 0 Å². The molecule has 0 saturated heterocycles. The molecule has 2 aromatic carbocycles. The second-order valence-electron chi connectivity index (χ2n) is 5.93. The van der Waals surface area contributed by atoms with E-state index in [1.165, 1.54) is 24.8 Å². The number of benzene rings is 2. The summed E-state index contributed by atoms with van der Waals surface area (Å²) in [6.07, 6.45) is 8.46. The second kappa shape index (κ2) is 8.07. The lowest BCUT2D eigenvalue weighted by Crippen LogP contribution is -1.92. The molecular weight excluding hydrogens is 316 g/mol. The van der Waals surface area contributed by atoms with E-state index in [0.717, 1.165) is 28.1 Å². The highest BCUT2D eigenvalue weighted by molar-refractivity contribution is 6.33. The van der Waals surface area contributed by atoms with E-state index in [1.807, 2.05) is 42.7 Å². The Kier molecular flexibility index (Phi) is 5.60. The molecule has 0 amide bonds. The summed E-state index contributed by atoms with van der Waals surface area (Å²) in [5, 5.41) is 0.719. The molecule has 0 N–H and O–H groups in total. The third-order valence-electron chi connectivity index (χ3n) is 4.10. The molecule has 0 fully saturated rings. The van der Waals surface area contributed by atoms with Gasteiger partial charge in [-0.3, -0.25) is 0 Å². The van der Waals surface area contributed by atoms with Crippen LogP contribution in [0.2, 0.25) is 5.02 Å². The number of unbranched alkanes of at least 4 members (excludes halogenated alkanes) is 2. The first-order chi connectivity index (χ1) is 11.8. The summed E-state index contributed by atoms with van der Waals surface area (Å²) in [6.45, 7) is 2.21. The molecule has 24 heavy (non-hydrogen) atoms. The second-order valence-corrected chi connectivity index (χ2v) is 6.34. The van der Waals surface area contributed by atoms with Crippen molar-refractivity contribution < 1.29 is 0 Å². The van der Waals surface area contributed by atoms with Crippen molar-refractivity contribution in [1.29, 1.82) is 0 Å². The van der Waals surface area contributed by atoms with Gasteiger partial charge in [0.1, 0.15) is 0 Å². The third-order valence-corrected chi connectivity index (χ3v) is 4.42. The van der Waals surface area contributed by atoms with Crippen molar-refractivity contribution in [3.05, 3.63) is 71.5 Å². The average Bonchev–Trinajstić information content (AvgIpc) is 2.63.